The lowest BCUT2D eigenvalue weighted by Gasteiger charge is -2.17. The highest BCUT2D eigenvalue weighted by molar-refractivity contribution is 5.99. The van der Waals surface area contributed by atoms with Gasteiger partial charge < -0.3 is 10.2 Å². The first kappa shape index (κ1) is 19.9. The summed E-state index contributed by atoms with van der Waals surface area (Å²) < 4.78 is 1.88. The standard InChI is InChI=1S/C24H26N4O2/c1-3-17-10-7-8-14-20(17)25-22(29)16-27(2)24(30)23-19-13-9-15-21(19)28(26-23)18-11-5-4-6-12-18/h4-8,10-12,14H,3,9,13,15-16H2,1-2H3,(H,25,29). The minimum Gasteiger partial charge on any atom is -0.331 e. The number of rotatable bonds is 6. The summed E-state index contributed by atoms with van der Waals surface area (Å²) in [5, 5.41) is 7.56. The Morgan fingerprint density at radius 1 is 1.07 bits per heavy atom. The van der Waals surface area contributed by atoms with E-state index in [4.69, 9.17) is 0 Å². The number of benzene rings is 2. The van der Waals surface area contributed by atoms with Crippen LogP contribution in [0.15, 0.2) is 54.6 Å². The normalized spacial score (nSPS) is 12.5. The van der Waals surface area contributed by atoms with E-state index in [0.717, 1.165) is 53.9 Å². The molecular weight excluding hydrogens is 376 g/mol. The van der Waals surface area contributed by atoms with Gasteiger partial charge in [0, 0.05) is 24.0 Å². The van der Waals surface area contributed by atoms with Crippen molar-refractivity contribution in [3.8, 4) is 5.69 Å². The molecule has 0 bridgehead atoms. The summed E-state index contributed by atoms with van der Waals surface area (Å²) in [6.45, 7) is 2.02. The third-order valence-corrected chi connectivity index (χ3v) is 5.53. The molecule has 1 aliphatic rings. The van der Waals surface area contributed by atoms with Crippen molar-refractivity contribution in [1.82, 2.24) is 14.7 Å². The zero-order valence-corrected chi connectivity index (χ0v) is 17.4. The van der Waals surface area contributed by atoms with E-state index >= 15 is 0 Å². The van der Waals surface area contributed by atoms with Crippen molar-refractivity contribution in [2.45, 2.75) is 32.6 Å². The molecule has 1 N–H and O–H groups in total. The van der Waals surface area contributed by atoms with Crippen molar-refractivity contribution in [2.24, 2.45) is 0 Å². The molecule has 0 saturated heterocycles. The van der Waals surface area contributed by atoms with Crippen LogP contribution in [0.25, 0.3) is 5.69 Å². The number of nitrogens with zero attached hydrogens (tertiary/aromatic N) is 3. The molecule has 0 fully saturated rings. The Bertz CT molecular complexity index is 1070. The molecule has 0 spiro atoms. The maximum absolute atomic E-state index is 13.1. The molecule has 3 aromatic rings. The van der Waals surface area contributed by atoms with Crippen LogP contribution in [-0.4, -0.2) is 40.1 Å². The number of amides is 2. The highest BCUT2D eigenvalue weighted by Crippen LogP contribution is 2.28. The van der Waals surface area contributed by atoms with Gasteiger partial charge in [-0.1, -0.05) is 43.3 Å². The zero-order chi connectivity index (χ0) is 21.1. The number of fused-ring (bicyclic) bond motifs is 1. The van der Waals surface area contributed by atoms with Gasteiger partial charge in [-0.2, -0.15) is 5.10 Å². The number of aromatic nitrogens is 2. The van der Waals surface area contributed by atoms with Crippen LogP contribution >= 0.6 is 0 Å². The number of nitrogens with one attached hydrogen (secondary N) is 1. The lowest BCUT2D eigenvalue weighted by Crippen LogP contribution is -2.35. The Balaban J connectivity index is 1.51. The van der Waals surface area contributed by atoms with Crippen molar-refractivity contribution in [3.05, 3.63) is 77.1 Å². The average molecular weight is 402 g/mol. The first-order valence-electron chi connectivity index (χ1n) is 10.4. The third-order valence-electron chi connectivity index (χ3n) is 5.53. The molecule has 2 aromatic carbocycles. The maximum atomic E-state index is 13.1. The van der Waals surface area contributed by atoms with Crippen LogP contribution in [0.1, 0.15) is 40.7 Å². The lowest BCUT2D eigenvalue weighted by atomic mass is 10.1. The molecule has 154 valence electrons. The van der Waals surface area contributed by atoms with Gasteiger partial charge in [0.25, 0.3) is 5.91 Å². The highest BCUT2D eigenvalue weighted by Gasteiger charge is 2.29. The number of hydrogen-bond acceptors (Lipinski definition) is 3. The number of hydrogen-bond donors (Lipinski definition) is 1. The molecule has 0 atom stereocenters. The predicted octanol–water partition coefficient (Wildman–Crippen LogP) is 3.63. The second kappa shape index (κ2) is 8.53. The largest absolute Gasteiger partial charge is 0.331 e. The second-order valence-electron chi connectivity index (χ2n) is 7.59. The summed E-state index contributed by atoms with van der Waals surface area (Å²) in [5.41, 5.74) is 5.37. The van der Waals surface area contributed by atoms with Gasteiger partial charge in [-0.25, -0.2) is 4.68 Å². The van der Waals surface area contributed by atoms with Gasteiger partial charge >= 0.3 is 0 Å². The van der Waals surface area contributed by atoms with Crippen LogP contribution in [0.5, 0.6) is 0 Å². The molecule has 2 amide bonds. The molecule has 0 saturated carbocycles. The Morgan fingerprint density at radius 3 is 2.57 bits per heavy atom. The van der Waals surface area contributed by atoms with Gasteiger partial charge in [-0.15, -0.1) is 0 Å². The monoisotopic (exact) mass is 402 g/mol. The lowest BCUT2D eigenvalue weighted by molar-refractivity contribution is -0.116. The number of likely N-dealkylation sites (N-methyl/N-ethyl adjacent to an activating group) is 1. The minimum absolute atomic E-state index is 0.0240. The molecule has 4 rings (SSSR count). The van der Waals surface area contributed by atoms with Crippen LogP contribution in [0.4, 0.5) is 5.69 Å². The summed E-state index contributed by atoms with van der Waals surface area (Å²) in [6.07, 6.45) is 3.59. The second-order valence-corrected chi connectivity index (χ2v) is 7.59. The maximum Gasteiger partial charge on any atom is 0.274 e. The molecule has 1 aliphatic carbocycles. The van der Waals surface area contributed by atoms with Crippen LogP contribution in [0.3, 0.4) is 0 Å². The summed E-state index contributed by atoms with van der Waals surface area (Å²) in [4.78, 5) is 27.1. The molecule has 30 heavy (non-hydrogen) atoms. The predicted molar refractivity (Wildman–Crippen MR) is 117 cm³/mol. The number of carbonyl (C=O) groups excluding carboxylic acids is 2. The van der Waals surface area contributed by atoms with Crippen LogP contribution in [-0.2, 0) is 24.1 Å². The smallest absolute Gasteiger partial charge is 0.274 e. The molecule has 1 aromatic heterocycles. The number of carbonyl (C=O) groups is 2. The topological polar surface area (TPSA) is 67.2 Å². The Kier molecular flexibility index (Phi) is 5.65. The van der Waals surface area contributed by atoms with E-state index in [1.54, 1.807) is 7.05 Å². The zero-order valence-electron chi connectivity index (χ0n) is 17.4. The van der Waals surface area contributed by atoms with E-state index in [1.165, 1.54) is 4.90 Å². The van der Waals surface area contributed by atoms with Crippen LogP contribution in [0, 0.1) is 0 Å². The SMILES string of the molecule is CCc1ccccc1NC(=O)CN(C)C(=O)c1nn(-c2ccccc2)c2c1CCC2. The Labute approximate surface area is 176 Å². The molecule has 0 aliphatic heterocycles. The van der Waals surface area contributed by atoms with Gasteiger partial charge in [0.1, 0.15) is 0 Å². The number of anilines is 1. The van der Waals surface area contributed by atoms with E-state index in [0.29, 0.717) is 5.69 Å². The molecule has 1 heterocycles. The first-order chi connectivity index (χ1) is 14.6. The van der Waals surface area contributed by atoms with Gasteiger partial charge in [-0.05, 0) is 49.4 Å². The fraction of sp³-hybridized carbons (Fsp3) is 0.292. The van der Waals surface area contributed by atoms with Crippen molar-refractivity contribution in [1.29, 1.82) is 0 Å². The van der Waals surface area contributed by atoms with E-state index in [-0.39, 0.29) is 18.4 Å². The van der Waals surface area contributed by atoms with E-state index in [2.05, 4.69) is 10.4 Å². The van der Waals surface area contributed by atoms with Crippen molar-refractivity contribution < 1.29 is 9.59 Å². The third kappa shape index (κ3) is 3.85. The molecule has 6 heteroatoms. The molecule has 0 unspecified atom stereocenters. The highest BCUT2D eigenvalue weighted by atomic mass is 16.2. The fourth-order valence-electron chi connectivity index (χ4n) is 4.00. The van der Waals surface area contributed by atoms with Crippen molar-refractivity contribution >= 4 is 17.5 Å². The van der Waals surface area contributed by atoms with Gasteiger partial charge in [0.15, 0.2) is 5.69 Å². The quantitative estimate of drug-likeness (QED) is 0.685. The van der Waals surface area contributed by atoms with Gasteiger partial charge in [0.2, 0.25) is 5.91 Å². The Hall–Kier alpha value is -3.41. The summed E-state index contributed by atoms with van der Waals surface area (Å²) in [5.74, 6) is -0.437. The Morgan fingerprint density at radius 2 is 1.80 bits per heavy atom. The molecule has 6 nitrogen and oxygen atoms in total. The van der Waals surface area contributed by atoms with Crippen LogP contribution in [0.2, 0.25) is 0 Å². The molecule has 0 radical (unpaired) electrons. The summed E-state index contributed by atoms with van der Waals surface area (Å²) >= 11 is 0. The van der Waals surface area contributed by atoms with Crippen molar-refractivity contribution in [3.63, 3.8) is 0 Å². The van der Waals surface area contributed by atoms with Gasteiger partial charge in [-0.3, -0.25) is 9.59 Å². The molecular formula is C24H26N4O2. The summed E-state index contributed by atoms with van der Waals surface area (Å²) in [6, 6.07) is 17.6. The van der Waals surface area contributed by atoms with E-state index in [9.17, 15) is 9.59 Å². The average Bonchev–Trinajstić information content (AvgIpc) is 3.37. The van der Waals surface area contributed by atoms with E-state index in [1.807, 2.05) is 66.2 Å². The number of para-hydroxylation sites is 2. The summed E-state index contributed by atoms with van der Waals surface area (Å²) in [7, 11) is 1.65. The van der Waals surface area contributed by atoms with E-state index < -0.39 is 0 Å². The fourth-order valence-corrected chi connectivity index (χ4v) is 4.00. The first-order valence-corrected chi connectivity index (χ1v) is 10.4. The number of aryl methyl sites for hydroxylation is 1. The van der Waals surface area contributed by atoms with Crippen molar-refractivity contribution in [2.75, 3.05) is 18.9 Å². The van der Waals surface area contributed by atoms with Gasteiger partial charge in [0.05, 0.1) is 12.2 Å². The minimum atomic E-state index is -0.221. The van der Waals surface area contributed by atoms with Crippen LogP contribution < -0.4 is 5.32 Å².